The Morgan fingerprint density at radius 3 is 2.42 bits per heavy atom. The summed E-state index contributed by atoms with van der Waals surface area (Å²) in [6.07, 6.45) is -0.617. The van der Waals surface area contributed by atoms with Gasteiger partial charge in [0.2, 0.25) is 5.91 Å². The molecule has 0 radical (unpaired) electrons. The molecule has 1 unspecified atom stereocenters. The van der Waals surface area contributed by atoms with Gasteiger partial charge in [-0.15, -0.1) is 11.6 Å². The summed E-state index contributed by atoms with van der Waals surface area (Å²) in [6.45, 7) is 8.05. The number of nitrogens with one attached hydrogen (secondary N) is 2. The molecular weight excluding hydrogens is 272 g/mol. The molecule has 0 aromatic heterocycles. The Morgan fingerprint density at radius 1 is 1.26 bits per heavy atom. The predicted molar refractivity (Wildman–Crippen MR) is 73.4 cm³/mol. The van der Waals surface area contributed by atoms with Crippen LogP contribution in [-0.2, 0) is 14.3 Å². The van der Waals surface area contributed by atoms with Crippen LogP contribution < -0.4 is 10.6 Å². The van der Waals surface area contributed by atoms with E-state index in [2.05, 4.69) is 10.6 Å². The maximum absolute atomic E-state index is 11.6. The standard InChI is InChI=1S/C12H23ClN2O4/c1-9(15-11(17)19-12(2,3)4)10(16)14-6-8-18-7-5-13/h9H,5-8H2,1-4H3,(H,14,16)(H,15,17). The number of rotatable bonds is 7. The van der Waals surface area contributed by atoms with Gasteiger partial charge in [0.15, 0.2) is 0 Å². The summed E-state index contributed by atoms with van der Waals surface area (Å²) >= 11 is 5.43. The van der Waals surface area contributed by atoms with Crippen molar-refractivity contribution in [2.75, 3.05) is 25.6 Å². The van der Waals surface area contributed by atoms with Crippen molar-refractivity contribution in [3.63, 3.8) is 0 Å². The van der Waals surface area contributed by atoms with E-state index in [0.29, 0.717) is 25.6 Å². The molecule has 2 amide bonds. The number of hydrogen-bond donors (Lipinski definition) is 2. The number of alkyl carbamates (subject to hydrolysis) is 1. The van der Waals surface area contributed by atoms with Gasteiger partial charge < -0.3 is 20.1 Å². The molecule has 0 aliphatic rings. The molecule has 0 aliphatic heterocycles. The van der Waals surface area contributed by atoms with Crippen LogP contribution in [0.4, 0.5) is 4.79 Å². The van der Waals surface area contributed by atoms with E-state index in [1.165, 1.54) is 0 Å². The molecule has 0 heterocycles. The van der Waals surface area contributed by atoms with Crippen molar-refractivity contribution in [1.29, 1.82) is 0 Å². The van der Waals surface area contributed by atoms with Gasteiger partial charge in [-0.25, -0.2) is 4.79 Å². The van der Waals surface area contributed by atoms with E-state index >= 15 is 0 Å². The second-order valence-corrected chi connectivity index (χ2v) is 5.34. The lowest BCUT2D eigenvalue weighted by Crippen LogP contribution is -2.47. The zero-order chi connectivity index (χ0) is 14.9. The molecule has 19 heavy (non-hydrogen) atoms. The third-order valence-electron chi connectivity index (χ3n) is 1.89. The van der Waals surface area contributed by atoms with Crippen LogP contribution in [0.25, 0.3) is 0 Å². The van der Waals surface area contributed by atoms with Crippen LogP contribution in [0.5, 0.6) is 0 Å². The van der Waals surface area contributed by atoms with Crippen molar-refractivity contribution < 1.29 is 19.1 Å². The van der Waals surface area contributed by atoms with Gasteiger partial charge in [0.05, 0.1) is 13.2 Å². The first-order valence-corrected chi connectivity index (χ1v) is 6.70. The molecule has 7 heteroatoms. The lowest BCUT2D eigenvalue weighted by atomic mass is 10.2. The van der Waals surface area contributed by atoms with E-state index in [4.69, 9.17) is 21.1 Å². The molecule has 0 bridgehead atoms. The summed E-state index contributed by atoms with van der Waals surface area (Å²) in [5.41, 5.74) is -0.588. The fourth-order valence-corrected chi connectivity index (χ4v) is 1.22. The number of carbonyl (C=O) groups excluding carboxylic acids is 2. The topological polar surface area (TPSA) is 76.7 Å². The first kappa shape index (κ1) is 18.0. The SMILES string of the molecule is CC(NC(=O)OC(C)(C)C)C(=O)NCCOCCCl. The first-order chi connectivity index (χ1) is 8.76. The van der Waals surface area contributed by atoms with Gasteiger partial charge in [0, 0.05) is 12.4 Å². The van der Waals surface area contributed by atoms with Gasteiger partial charge >= 0.3 is 6.09 Å². The fourth-order valence-electron chi connectivity index (χ4n) is 1.11. The Balaban J connectivity index is 3.84. The smallest absolute Gasteiger partial charge is 0.408 e. The Morgan fingerprint density at radius 2 is 1.89 bits per heavy atom. The van der Waals surface area contributed by atoms with Gasteiger partial charge in [-0.3, -0.25) is 4.79 Å². The quantitative estimate of drug-likeness (QED) is 0.548. The van der Waals surface area contributed by atoms with E-state index in [1.54, 1.807) is 27.7 Å². The van der Waals surface area contributed by atoms with E-state index in [0.717, 1.165) is 0 Å². The minimum Gasteiger partial charge on any atom is -0.444 e. The molecule has 0 aromatic rings. The van der Waals surface area contributed by atoms with Crippen LogP contribution in [0.2, 0.25) is 0 Å². The minimum atomic E-state index is -0.664. The maximum Gasteiger partial charge on any atom is 0.408 e. The zero-order valence-electron chi connectivity index (χ0n) is 11.9. The monoisotopic (exact) mass is 294 g/mol. The van der Waals surface area contributed by atoms with Gasteiger partial charge in [0.1, 0.15) is 11.6 Å². The van der Waals surface area contributed by atoms with Crippen LogP contribution >= 0.6 is 11.6 Å². The molecule has 6 nitrogen and oxygen atoms in total. The summed E-state index contributed by atoms with van der Waals surface area (Å²) in [6, 6.07) is -0.664. The highest BCUT2D eigenvalue weighted by Crippen LogP contribution is 2.06. The van der Waals surface area contributed by atoms with Crippen LogP contribution in [-0.4, -0.2) is 49.3 Å². The molecule has 0 spiro atoms. The first-order valence-electron chi connectivity index (χ1n) is 6.17. The van der Waals surface area contributed by atoms with Gasteiger partial charge in [-0.2, -0.15) is 0 Å². The average Bonchev–Trinajstić information content (AvgIpc) is 2.25. The fraction of sp³-hybridized carbons (Fsp3) is 0.833. The third-order valence-corrected chi connectivity index (χ3v) is 2.05. The number of hydrogen-bond acceptors (Lipinski definition) is 4. The van der Waals surface area contributed by atoms with Crippen LogP contribution in [0.3, 0.4) is 0 Å². The van der Waals surface area contributed by atoms with Crippen LogP contribution in [0, 0.1) is 0 Å². The normalized spacial score (nSPS) is 12.7. The Hall–Kier alpha value is -1.01. The van der Waals surface area contributed by atoms with Gasteiger partial charge in [0.25, 0.3) is 0 Å². The summed E-state index contributed by atoms with van der Waals surface area (Å²) in [5, 5.41) is 5.09. The molecule has 0 rings (SSSR count). The third kappa shape index (κ3) is 10.6. The molecule has 0 aliphatic carbocycles. The molecule has 2 N–H and O–H groups in total. The molecule has 1 atom stereocenters. The minimum absolute atomic E-state index is 0.291. The summed E-state index contributed by atoms with van der Waals surface area (Å²) in [5.74, 6) is 0.130. The second-order valence-electron chi connectivity index (χ2n) is 4.96. The molecule has 0 saturated carbocycles. The number of carbonyl (C=O) groups is 2. The lowest BCUT2D eigenvalue weighted by Gasteiger charge is -2.21. The summed E-state index contributed by atoms with van der Waals surface area (Å²) in [4.78, 5) is 23.0. The largest absolute Gasteiger partial charge is 0.444 e. The van der Waals surface area contributed by atoms with Crippen molar-refractivity contribution >= 4 is 23.6 Å². The number of halogens is 1. The van der Waals surface area contributed by atoms with Crippen molar-refractivity contribution in [2.45, 2.75) is 39.3 Å². The predicted octanol–water partition coefficient (Wildman–Crippen LogP) is 1.27. The number of alkyl halides is 1. The van der Waals surface area contributed by atoms with Crippen molar-refractivity contribution in [1.82, 2.24) is 10.6 Å². The maximum atomic E-state index is 11.6. The molecule has 112 valence electrons. The van der Waals surface area contributed by atoms with Gasteiger partial charge in [-0.1, -0.05) is 0 Å². The Labute approximate surface area is 119 Å². The highest BCUT2D eigenvalue weighted by atomic mass is 35.5. The van der Waals surface area contributed by atoms with E-state index in [1.807, 2.05) is 0 Å². The Kier molecular flexibility index (Phi) is 8.51. The van der Waals surface area contributed by atoms with E-state index < -0.39 is 17.7 Å². The van der Waals surface area contributed by atoms with E-state index in [-0.39, 0.29) is 5.91 Å². The highest BCUT2D eigenvalue weighted by molar-refractivity contribution is 6.17. The van der Waals surface area contributed by atoms with Gasteiger partial charge in [-0.05, 0) is 27.7 Å². The zero-order valence-corrected chi connectivity index (χ0v) is 12.7. The average molecular weight is 295 g/mol. The van der Waals surface area contributed by atoms with Crippen molar-refractivity contribution in [3.8, 4) is 0 Å². The van der Waals surface area contributed by atoms with E-state index in [9.17, 15) is 9.59 Å². The molecular formula is C12H23ClN2O4. The van der Waals surface area contributed by atoms with Crippen molar-refractivity contribution in [3.05, 3.63) is 0 Å². The summed E-state index contributed by atoms with van der Waals surface area (Å²) < 4.78 is 10.1. The van der Waals surface area contributed by atoms with Crippen molar-refractivity contribution in [2.24, 2.45) is 0 Å². The molecule has 0 fully saturated rings. The molecule has 0 saturated heterocycles. The second kappa shape index (κ2) is 8.98. The van der Waals surface area contributed by atoms with Crippen LogP contribution in [0.15, 0.2) is 0 Å². The molecule has 0 aromatic carbocycles. The number of amides is 2. The summed E-state index contributed by atoms with van der Waals surface area (Å²) in [7, 11) is 0. The lowest BCUT2D eigenvalue weighted by molar-refractivity contribution is -0.123. The highest BCUT2D eigenvalue weighted by Gasteiger charge is 2.20. The Bertz CT molecular complexity index is 292. The van der Waals surface area contributed by atoms with Crippen LogP contribution in [0.1, 0.15) is 27.7 Å². The number of ether oxygens (including phenoxy) is 2.